The summed E-state index contributed by atoms with van der Waals surface area (Å²) in [5.41, 5.74) is 2.33. The Morgan fingerprint density at radius 3 is 2.65 bits per heavy atom. The van der Waals surface area contributed by atoms with E-state index in [2.05, 4.69) is 51.2 Å². The van der Waals surface area contributed by atoms with Gasteiger partial charge in [0.2, 0.25) is 0 Å². The van der Waals surface area contributed by atoms with Crippen LogP contribution in [0.2, 0.25) is 0 Å². The molecule has 1 saturated carbocycles. The molecular formula is C24H33N3O2S2. The predicted octanol–water partition coefficient (Wildman–Crippen LogP) is 5.72. The predicted molar refractivity (Wildman–Crippen MR) is 127 cm³/mol. The third-order valence-electron chi connectivity index (χ3n) is 6.83. The number of H-pyrrole nitrogens is 1. The number of nitrogens with zero attached hydrogens (tertiary/aromatic N) is 2. The van der Waals surface area contributed by atoms with Crippen molar-refractivity contribution in [2.75, 3.05) is 13.2 Å². The summed E-state index contributed by atoms with van der Waals surface area (Å²) in [4.78, 5) is 3.68. The summed E-state index contributed by atoms with van der Waals surface area (Å²) in [6.07, 6.45) is 13.4. The molecule has 0 spiro atoms. The van der Waals surface area contributed by atoms with E-state index in [1.54, 1.807) is 6.92 Å². The molecule has 0 radical (unpaired) electrons. The van der Waals surface area contributed by atoms with Gasteiger partial charge in [0.05, 0.1) is 5.69 Å². The van der Waals surface area contributed by atoms with Gasteiger partial charge in [0.25, 0.3) is 0 Å². The molecule has 2 aromatic rings. The molecule has 0 aromatic carbocycles. The Hall–Kier alpha value is -1.15. The number of aliphatic hydroxyl groups excluding tert-OH is 1. The first-order chi connectivity index (χ1) is 15.2. The van der Waals surface area contributed by atoms with Crippen molar-refractivity contribution >= 4 is 23.1 Å². The lowest BCUT2D eigenvalue weighted by atomic mass is 9.76. The Balaban J connectivity index is 1.34. The van der Waals surface area contributed by atoms with Gasteiger partial charge >= 0.3 is 0 Å². The summed E-state index contributed by atoms with van der Waals surface area (Å²) >= 11 is 3.66. The van der Waals surface area contributed by atoms with Crippen LogP contribution in [-0.4, -0.2) is 44.0 Å². The third kappa shape index (κ3) is 5.44. The van der Waals surface area contributed by atoms with Crippen LogP contribution >= 0.6 is 23.1 Å². The number of rotatable bonds is 8. The maximum Gasteiger partial charge on any atom is 0.164 e. The second-order valence-corrected chi connectivity index (χ2v) is 11.9. The van der Waals surface area contributed by atoms with Crippen LogP contribution in [0.25, 0.3) is 10.7 Å². The first kappa shape index (κ1) is 21.7. The number of aromatic amines is 1. The first-order valence-electron chi connectivity index (χ1n) is 11.8. The number of hydrogen-bond donors (Lipinski definition) is 2. The molecule has 1 aliphatic heterocycles. The average Bonchev–Trinajstić information content (AvgIpc) is 3.26. The van der Waals surface area contributed by atoms with Crippen molar-refractivity contribution in [2.45, 2.75) is 74.4 Å². The highest BCUT2D eigenvalue weighted by molar-refractivity contribution is 8.00. The van der Waals surface area contributed by atoms with E-state index < -0.39 is 6.10 Å². The zero-order valence-corrected chi connectivity index (χ0v) is 19.8. The molecular weight excluding hydrogens is 426 g/mol. The summed E-state index contributed by atoms with van der Waals surface area (Å²) in [6.45, 7) is 3.54. The van der Waals surface area contributed by atoms with Crippen molar-refractivity contribution in [3.8, 4) is 10.7 Å². The molecule has 5 nitrogen and oxygen atoms in total. The lowest BCUT2D eigenvalue weighted by Crippen LogP contribution is -2.23. The van der Waals surface area contributed by atoms with Crippen molar-refractivity contribution in [1.29, 1.82) is 0 Å². The zero-order valence-electron chi connectivity index (χ0n) is 18.2. The van der Waals surface area contributed by atoms with Crippen molar-refractivity contribution in [3.05, 3.63) is 35.0 Å². The first-order valence-corrected chi connectivity index (χ1v) is 13.5. The molecule has 168 valence electrons. The number of hydrogen-bond acceptors (Lipinski definition) is 6. The Bertz CT molecular complexity index is 883. The second-order valence-electron chi connectivity index (χ2n) is 9.35. The van der Waals surface area contributed by atoms with Gasteiger partial charge in [-0.15, -0.1) is 10.2 Å². The highest BCUT2D eigenvalue weighted by atomic mass is 32.2. The van der Waals surface area contributed by atoms with Gasteiger partial charge in [-0.3, -0.25) is 0 Å². The van der Waals surface area contributed by atoms with Gasteiger partial charge in [0.1, 0.15) is 11.1 Å². The standard InChI is InChI=1S/C24H33N3O2S2/c1-15(28)23-26-27-24(31-23)22-9-8-21(25-22)20(14-16-10-12-29-13-11-16)17-2-4-18(5-3-17)30-19-6-7-19/h2,4,8-9,15-20,25,28H,3,5-7,10-14H2,1H3. The number of nitrogens with one attached hydrogen (secondary N) is 1. The number of aromatic nitrogens is 3. The minimum atomic E-state index is -0.573. The fourth-order valence-corrected chi connectivity index (χ4v) is 6.97. The molecule has 1 saturated heterocycles. The summed E-state index contributed by atoms with van der Waals surface area (Å²) in [5, 5.41) is 21.4. The Morgan fingerprint density at radius 2 is 1.97 bits per heavy atom. The summed E-state index contributed by atoms with van der Waals surface area (Å²) in [7, 11) is 0. The van der Waals surface area contributed by atoms with Crippen LogP contribution in [0.15, 0.2) is 24.3 Å². The summed E-state index contributed by atoms with van der Waals surface area (Å²) in [6, 6.07) is 4.39. The lowest BCUT2D eigenvalue weighted by Gasteiger charge is -2.33. The molecule has 3 heterocycles. The minimum absolute atomic E-state index is 0.504. The fraction of sp³-hybridized carbons (Fsp3) is 0.667. The molecule has 3 aliphatic rings. The lowest BCUT2D eigenvalue weighted by molar-refractivity contribution is 0.0598. The van der Waals surface area contributed by atoms with Crippen molar-refractivity contribution in [3.63, 3.8) is 0 Å². The average molecular weight is 460 g/mol. The molecule has 2 N–H and O–H groups in total. The molecule has 7 heteroatoms. The van der Waals surface area contributed by atoms with Gasteiger partial charge < -0.3 is 14.8 Å². The summed E-state index contributed by atoms with van der Waals surface area (Å²) < 4.78 is 5.61. The van der Waals surface area contributed by atoms with Gasteiger partial charge in [-0.05, 0) is 75.8 Å². The molecule has 0 bridgehead atoms. The Labute approximate surface area is 193 Å². The third-order valence-corrected chi connectivity index (χ3v) is 9.56. The maximum atomic E-state index is 9.79. The monoisotopic (exact) mass is 459 g/mol. The highest BCUT2D eigenvalue weighted by Gasteiger charge is 2.32. The van der Waals surface area contributed by atoms with E-state index in [9.17, 15) is 5.11 Å². The van der Waals surface area contributed by atoms with Crippen LogP contribution in [0.1, 0.15) is 74.6 Å². The molecule has 4 atom stereocenters. The molecule has 4 unspecified atom stereocenters. The molecule has 2 aromatic heterocycles. The van der Waals surface area contributed by atoms with E-state index in [0.717, 1.165) is 35.1 Å². The quantitative estimate of drug-likeness (QED) is 0.494. The van der Waals surface area contributed by atoms with E-state index in [4.69, 9.17) is 4.74 Å². The number of aliphatic hydroxyl groups is 1. The van der Waals surface area contributed by atoms with Gasteiger partial charge in [0.15, 0.2) is 5.01 Å². The molecule has 0 amide bonds. The van der Waals surface area contributed by atoms with Crippen LogP contribution in [0, 0.1) is 11.8 Å². The van der Waals surface area contributed by atoms with Crippen LogP contribution in [0.4, 0.5) is 0 Å². The molecule has 2 aliphatic carbocycles. The highest BCUT2D eigenvalue weighted by Crippen LogP contribution is 2.44. The van der Waals surface area contributed by atoms with Crippen molar-refractivity contribution < 1.29 is 9.84 Å². The van der Waals surface area contributed by atoms with Crippen LogP contribution < -0.4 is 0 Å². The smallest absolute Gasteiger partial charge is 0.164 e. The zero-order chi connectivity index (χ0) is 21.2. The second kappa shape index (κ2) is 9.77. The molecule has 31 heavy (non-hydrogen) atoms. The number of ether oxygens (including phenoxy) is 1. The van der Waals surface area contributed by atoms with Crippen LogP contribution in [-0.2, 0) is 4.74 Å². The minimum Gasteiger partial charge on any atom is -0.386 e. The van der Waals surface area contributed by atoms with Gasteiger partial charge in [0, 0.05) is 35.3 Å². The van der Waals surface area contributed by atoms with Crippen molar-refractivity contribution in [1.82, 2.24) is 15.2 Å². The van der Waals surface area contributed by atoms with E-state index in [1.165, 1.54) is 62.0 Å². The van der Waals surface area contributed by atoms with Gasteiger partial charge in [-0.2, -0.15) is 11.8 Å². The van der Waals surface area contributed by atoms with E-state index in [0.29, 0.717) is 22.1 Å². The molecule has 5 rings (SSSR count). The van der Waals surface area contributed by atoms with E-state index in [-0.39, 0.29) is 0 Å². The SMILES string of the molecule is CC(O)c1nnc(-c2ccc(C(CC3CCOCC3)C3C=CC(SC4CC4)CC3)[nH]2)s1. The Morgan fingerprint density at radius 1 is 1.13 bits per heavy atom. The molecule has 2 fully saturated rings. The van der Waals surface area contributed by atoms with E-state index >= 15 is 0 Å². The maximum absolute atomic E-state index is 9.79. The largest absolute Gasteiger partial charge is 0.386 e. The van der Waals surface area contributed by atoms with Gasteiger partial charge in [-0.25, -0.2) is 0 Å². The van der Waals surface area contributed by atoms with Crippen LogP contribution in [0.5, 0.6) is 0 Å². The number of allylic oxidation sites excluding steroid dienone is 1. The topological polar surface area (TPSA) is 71.0 Å². The van der Waals surface area contributed by atoms with Gasteiger partial charge in [-0.1, -0.05) is 23.5 Å². The normalized spacial score (nSPS) is 26.8. The Kier molecular flexibility index (Phi) is 6.84. The fourth-order valence-electron chi connectivity index (χ4n) is 4.85. The number of thioether (sulfide) groups is 1. The van der Waals surface area contributed by atoms with Crippen molar-refractivity contribution in [2.24, 2.45) is 11.8 Å². The van der Waals surface area contributed by atoms with E-state index in [1.807, 2.05) is 0 Å². The van der Waals surface area contributed by atoms with Crippen LogP contribution in [0.3, 0.4) is 0 Å². The summed E-state index contributed by atoms with van der Waals surface area (Å²) in [5.74, 6) is 1.83.